The zero-order valence-electron chi connectivity index (χ0n) is 19.5. The number of nitrogens with one attached hydrogen (secondary N) is 1. The Morgan fingerprint density at radius 1 is 1.13 bits per heavy atom. The number of carbonyl (C=O) groups is 1. The van der Waals surface area contributed by atoms with E-state index in [9.17, 15) is 8.78 Å². The van der Waals surface area contributed by atoms with Crippen molar-refractivity contribution in [3.8, 4) is 0 Å². The molecule has 0 unspecified atom stereocenters. The van der Waals surface area contributed by atoms with Crippen LogP contribution in [-0.2, 0) is 4.79 Å². The number of aromatic nitrogens is 2. The summed E-state index contributed by atoms with van der Waals surface area (Å²) in [5.41, 5.74) is 2.49. The van der Waals surface area contributed by atoms with Gasteiger partial charge in [0.1, 0.15) is 17.9 Å². The van der Waals surface area contributed by atoms with Crippen LogP contribution >= 0.6 is 0 Å². The van der Waals surface area contributed by atoms with Crippen LogP contribution in [-0.4, -0.2) is 22.8 Å². The minimum atomic E-state index is -0.396. The number of benzene rings is 1. The van der Waals surface area contributed by atoms with Gasteiger partial charge in [0.15, 0.2) is 0 Å². The van der Waals surface area contributed by atoms with Gasteiger partial charge in [-0.05, 0) is 76.0 Å². The molecule has 0 aliphatic heterocycles. The van der Waals surface area contributed by atoms with Crippen molar-refractivity contribution in [1.82, 2.24) is 9.97 Å². The van der Waals surface area contributed by atoms with Crippen molar-refractivity contribution in [1.29, 1.82) is 0 Å². The molecule has 0 atom stereocenters. The maximum atomic E-state index is 12.9. The van der Waals surface area contributed by atoms with E-state index in [-0.39, 0.29) is 11.5 Å². The van der Waals surface area contributed by atoms with Crippen LogP contribution in [0.4, 0.5) is 14.7 Å². The molecule has 1 saturated carbocycles. The van der Waals surface area contributed by atoms with Gasteiger partial charge in [-0.3, -0.25) is 0 Å². The number of nitrogens with zero attached hydrogens (tertiary/aromatic N) is 2. The van der Waals surface area contributed by atoms with Crippen LogP contribution in [0.2, 0.25) is 0 Å². The van der Waals surface area contributed by atoms with Crippen molar-refractivity contribution in [2.75, 3.05) is 11.9 Å². The summed E-state index contributed by atoms with van der Waals surface area (Å²) >= 11 is 0. The Bertz CT molecular complexity index is 768. The summed E-state index contributed by atoms with van der Waals surface area (Å²) in [6, 6.07) is 4.03. The third kappa shape index (κ3) is 9.99. The number of hydrogen-bond acceptors (Lipinski definition) is 4. The highest BCUT2D eigenvalue weighted by molar-refractivity contribution is 5.44. The number of aryl methyl sites for hydroxylation is 2. The highest BCUT2D eigenvalue weighted by Gasteiger charge is 2.29. The Hall–Kier alpha value is -2.37. The van der Waals surface area contributed by atoms with Gasteiger partial charge in [-0.1, -0.05) is 32.8 Å². The Labute approximate surface area is 185 Å². The molecule has 6 heteroatoms. The molecule has 1 N–H and O–H groups in total. The summed E-state index contributed by atoms with van der Waals surface area (Å²) < 4.78 is 25.8. The quantitative estimate of drug-likeness (QED) is 0.467. The zero-order chi connectivity index (χ0) is 23.2. The van der Waals surface area contributed by atoms with E-state index in [0.717, 1.165) is 48.8 Å². The Balaban J connectivity index is 0.000000292. The second-order valence-corrected chi connectivity index (χ2v) is 7.93. The third-order valence-electron chi connectivity index (χ3n) is 5.15. The summed E-state index contributed by atoms with van der Waals surface area (Å²) in [5, 5.41) is 3.36. The minimum Gasteiger partial charge on any atom is -0.354 e. The van der Waals surface area contributed by atoms with E-state index in [4.69, 9.17) is 4.79 Å². The molecular formula is C25H37F2N3O. The Morgan fingerprint density at radius 2 is 1.68 bits per heavy atom. The van der Waals surface area contributed by atoms with E-state index in [1.54, 1.807) is 0 Å². The maximum Gasteiger partial charge on any atom is 0.222 e. The number of aldehydes is 1. The van der Waals surface area contributed by atoms with E-state index in [2.05, 4.69) is 29.1 Å². The molecule has 0 spiro atoms. The lowest BCUT2D eigenvalue weighted by Gasteiger charge is -2.16. The predicted octanol–water partition coefficient (Wildman–Crippen LogP) is 6.77. The Kier molecular flexibility index (Phi) is 12.6. The lowest BCUT2D eigenvalue weighted by Crippen LogP contribution is -2.16. The number of hydrogen-bond donors (Lipinski definition) is 1. The molecule has 2 aromatic rings. The molecule has 0 amide bonds. The first-order valence-electron chi connectivity index (χ1n) is 11.3. The average Bonchev–Trinajstić information content (AvgIpc) is 3.55. The summed E-state index contributed by atoms with van der Waals surface area (Å²) in [7, 11) is 0. The van der Waals surface area contributed by atoms with Gasteiger partial charge in [-0.2, -0.15) is 0 Å². The molecule has 3 rings (SSSR count). The molecule has 1 aliphatic rings. The monoisotopic (exact) mass is 433 g/mol. The van der Waals surface area contributed by atoms with Gasteiger partial charge < -0.3 is 10.1 Å². The molecule has 0 radical (unpaired) electrons. The van der Waals surface area contributed by atoms with Crippen molar-refractivity contribution in [3.63, 3.8) is 0 Å². The summed E-state index contributed by atoms with van der Waals surface area (Å²) in [6.45, 7) is 11.0. The largest absolute Gasteiger partial charge is 0.354 e. The fraction of sp³-hybridized carbons (Fsp3) is 0.560. The molecule has 4 nitrogen and oxygen atoms in total. The third-order valence-corrected chi connectivity index (χ3v) is 5.15. The fourth-order valence-electron chi connectivity index (χ4n) is 3.29. The molecule has 1 fully saturated rings. The molecular weight excluding hydrogens is 396 g/mol. The Morgan fingerprint density at radius 3 is 2.13 bits per heavy atom. The SMILES string of the molecule is CC=O.CCCC(CCC)CNc1ncc(C)c(C)n1.Fc1cccc(F)c1C1CC1. The van der Waals surface area contributed by atoms with Gasteiger partial charge in [0, 0.05) is 24.0 Å². The number of carbonyl (C=O) groups excluding carboxylic acids is 1. The molecule has 1 heterocycles. The maximum absolute atomic E-state index is 12.9. The average molecular weight is 434 g/mol. The summed E-state index contributed by atoms with van der Waals surface area (Å²) in [4.78, 5) is 17.6. The topological polar surface area (TPSA) is 54.9 Å². The van der Waals surface area contributed by atoms with E-state index in [0.29, 0.717) is 0 Å². The van der Waals surface area contributed by atoms with Crippen molar-refractivity contribution in [2.45, 2.75) is 79.1 Å². The van der Waals surface area contributed by atoms with E-state index in [1.165, 1.54) is 50.8 Å². The van der Waals surface area contributed by atoms with Crippen LogP contribution in [0.5, 0.6) is 0 Å². The summed E-state index contributed by atoms with van der Waals surface area (Å²) in [5.74, 6) is 0.872. The van der Waals surface area contributed by atoms with Crippen LogP contribution < -0.4 is 5.32 Å². The number of rotatable bonds is 8. The van der Waals surface area contributed by atoms with Crippen molar-refractivity contribution in [3.05, 3.63) is 52.9 Å². The molecule has 0 saturated heterocycles. The van der Waals surface area contributed by atoms with Crippen LogP contribution in [0.1, 0.15) is 82.0 Å². The summed E-state index contributed by atoms with van der Waals surface area (Å²) in [6.07, 6.45) is 9.56. The van der Waals surface area contributed by atoms with Crippen LogP contribution in [0.15, 0.2) is 24.4 Å². The van der Waals surface area contributed by atoms with Crippen molar-refractivity contribution >= 4 is 12.2 Å². The number of halogens is 2. The minimum absolute atomic E-state index is 0.149. The smallest absolute Gasteiger partial charge is 0.222 e. The lowest BCUT2D eigenvalue weighted by atomic mass is 9.98. The highest BCUT2D eigenvalue weighted by atomic mass is 19.1. The second-order valence-electron chi connectivity index (χ2n) is 7.93. The first-order chi connectivity index (χ1) is 14.9. The van der Waals surface area contributed by atoms with Gasteiger partial charge in [0.05, 0.1) is 0 Å². The standard InChI is InChI=1S/C14H25N3.C9H8F2.C2H4O/c1-5-7-13(8-6-2)10-16-14-15-9-11(3)12(4)17-14;10-7-2-1-3-8(11)9(7)6-4-5-6;1-2-3/h9,13H,5-8,10H2,1-4H3,(H,15,16,17);1-3,6H,4-5H2;2H,1H3. The normalized spacial score (nSPS) is 12.4. The second kappa shape index (κ2) is 14.6. The molecule has 1 aromatic carbocycles. The first-order valence-corrected chi connectivity index (χ1v) is 11.3. The van der Waals surface area contributed by atoms with Gasteiger partial charge in [-0.25, -0.2) is 18.7 Å². The van der Waals surface area contributed by atoms with Crippen LogP contribution in [0, 0.1) is 31.4 Å². The lowest BCUT2D eigenvalue weighted by molar-refractivity contribution is -0.106. The first kappa shape index (κ1) is 26.7. The van der Waals surface area contributed by atoms with Crippen molar-refractivity contribution < 1.29 is 13.6 Å². The van der Waals surface area contributed by atoms with E-state index < -0.39 is 11.6 Å². The van der Waals surface area contributed by atoms with Gasteiger partial charge in [-0.15, -0.1) is 0 Å². The molecule has 0 bridgehead atoms. The van der Waals surface area contributed by atoms with Gasteiger partial charge >= 0.3 is 0 Å². The van der Waals surface area contributed by atoms with E-state index >= 15 is 0 Å². The zero-order valence-corrected chi connectivity index (χ0v) is 19.5. The molecule has 1 aromatic heterocycles. The predicted molar refractivity (Wildman–Crippen MR) is 123 cm³/mol. The van der Waals surface area contributed by atoms with Crippen LogP contribution in [0.25, 0.3) is 0 Å². The van der Waals surface area contributed by atoms with Gasteiger partial charge in [0.2, 0.25) is 5.95 Å². The highest BCUT2D eigenvalue weighted by Crippen LogP contribution is 2.42. The van der Waals surface area contributed by atoms with Crippen molar-refractivity contribution in [2.24, 2.45) is 5.92 Å². The molecule has 1 aliphatic carbocycles. The van der Waals surface area contributed by atoms with Crippen LogP contribution in [0.3, 0.4) is 0 Å². The van der Waals surface area contributed by atoms with Gasteiger partial charge in [0.25, 0.3) is 0 Å². The molecule has 31 heavy (non-hydrogen) atoms. The number of anilines is 1. The fourth-order valence-corrected chi connectivity index (χ4v) is 3.29. The molecule has 172 valence electrons. The van der Waals surface area contributed by atoms with E-state index in [1.807, 2.05) is 20.0 Å².